The van der Waals surface area contributed by atoms with Gasteiger partial charge in [0, 0.05) is 29.6 Å². The molecule has 4 atom stereocenters. The molecule has 3 aromatic rings. The molecule has 2 amide bonds. The number of benzene rings is 2. The Bertz CT molecular complexity index is 1320. The van der Waals surface area contributed by atoms with Crippen LogP contribution in [-0.2, 0) is 32.0 Å². The third-order valence-electron chi connectivity index (χ3n) is 7.23. The van der Waals surface area contributed by atoms with E-state index in [9.17, 15) is 19.5 Å². The summed E-state index contributed by atoms with van der Waals surface area (Å²) < 4.78 is 5.86. The maximum absolute atomic E-state index is 13.4. The van der Waals surface area contributed by atoms with E-state index in [1.807, 2.05) is 60.8 Å². The Morgan fingerprint density at radius 1 is 0.976 bits per heavy atom. The molecule has 0 unspecified atom stereocenters. The molecular formula is C34H43N3O5. The van der Waals surface area contributed by atoms with Crippen LogP contribution in [0.15, 0.2) is 86.1 Å². The number of ether oxygens (including phenoxy) is 1. The molecule has 8 heteroatoms. The van der Waals surface area contributed by atoms with E-state index in [1.54, 1.807) is 19.1 Å². The SMILES string of the molecule is C=CCC[C@H](Cc1ccccc1)C(=O)OC[C@H](Cc1c[nH]c2ccccc12)NC(=O)[C@H](CC=C)CC(=O)N[C@@H](C)CO. The molecule has 0 saturated carbocycles. The van der Waals surface area contributed by atoms with Gasteiger partial charge in [-0.05, 0) is 56.2 Å². The maximum Gasteiger partial charge on any atom is 0.309 e. The zero-order chi connectivity index (χ0) is 30.3. The number of esters is 1. The number of hydrogen-bond acceptors (Lipinski definition) is 5. The average Bonchev–Trinajstić information content (AvgIpc) is 3.40. The summed E-state index contributed by atoms with van der Waals surface area (Å²) >= 11 is 0. The van der Waals surface area contributed by atoms with E-state index in [-0.39, 0.29) is 43.3 Å². The van der Waals surface area contributed by atoms with Crippen LogP contribution in [-0.4, -0.2) is 53.2 Å². The lowest BCUT2D eigenvalue weighted by molar-refractivity contribution is -0.150. The van der Waals surface area contributed by atoms with Crippen molar-refractivity contribution in [1.29, 1.82) is 0 Å². The number of carbonyl (C=O) groups is 3. The van der Waals surface area contributed by atoms with Crippen molar-refractivity contribution in [2.75, 3.05) is 13.2 Å². The van der Waals surface area contributed by atoms with Gasteiger partial charge in [0.25, 0.3) is 0 Å². The van der Waals surface area contributed by atoms with E-state index in [1.165, 1.54) is 0 Å². The largest absolute Gasteiger partial charge is 0.463 e. The number of H-pyrrole nitrogens is 1. The van der Waals surface area contributed by atoms with Gasteiger partial charge in [-0.15, -0.1) is 13.2 Å². The topological polar surface area (TPSA) is 121 Å². The van der Waals surface area contributed by atoms with Crippen molar-refractivity contribution in [1.82, 2.24) is 15.6 Å². The lowest BCUT2D eigenvalue weighted by Gasteiger charge is -2.24. The fraction of sp³-hybridized carbons (Fsp3) is 0.382. The molecule has 0 aliphatic rings. The van der Waals surface area contributed by atoms with Crippen molar-refractivity contribution in [2.24, 2.45) is 11.8 Å². The Labute approximate surface area is 248 Å². The van der Waals surface area contributed by atoms with Crippen LogP contribution < -0.4 is 10.6 Å². The molecule has 0 fully saturated rings. The molecule has 0 spiro atoms. The predicted octanol–water partition coefficient (Wildman–Crippen LogP) is 4.64. The van der Waals surface area contributed by atoms with Gasteiger partial charge < -0.3 is 25.5 Å². The summed E-state index contributed by atoms with van der Waals surface area (Å²) in [5.74, 6) is -1.98. The summed E-state index contributed by atoms with van der Waals surface area (Å²) in [5.41, 5.74) is 3.00. The molecule has 1 aromatic heterocycles. The summed E-state index contributed by atoms with van der Waals surface area (Å²) in [6, 6.07) is 16.8. The van der Waals surface area contributed by atoms with Gasteiger partial charge in [-0.25, -0.2) is 0 Å². The monoisotopic (exact) mass is 573 g/mol. The number of rotatable bonds is 18. The summed E-state index contributed by atoms with van der Waals surface area (Å²) in [6.07, 6.45) is 7.82. The van der Waals surface area contributed by atoms with Crippen molar-refractivity contribution in [3.8, 4) is 0 Å². The number of nitrogens with one attached hydrogen (secondary N) is 3. The predicted molar refractivity (Wildman–Crippen MR) is 166 cm³/mol. The Hall–Kier alpha value is -4.17. The van der Waals surface area contributed by atoms with Gasteiger partial charge in [-0.3, -0.25) is 14.4 Å². The summed E-state index contributed by atoms with van der Waals surface area (Å²) in [6.45, 7) is 9.02. The number of hydrogen-bond donors (Lipinski definition) is 4. The number of aliphatic hydroxyl groups is 1. The Balaban J connectivity index is 1.76. The summed E-state index contributed by atoms with van der Waals surface area (Å²) in [4.78, 5) is 42.5. The molecule has 0 saturated heterocycles. The highest BCUT2D eigenvalue weighted by Crippen LogP contribution is 2.21. The minimum atomic E-state index is -0.659. The fourth-order valence-corrected chi connectivity index (χ4v) is 4.95. The van der Waals surface area contributed by atoms with Crippen LogP contribution in [0.1, 0.15) is 43.7 Å². The third-order valence-corrected chi connectivity index (χ3v) is 7.23. The molecule has 0 bridgehead atoms. The van der Waals surface area contributed by atoms with Gasteiger partial charge in [0.05, 0.1) is 24.5 Å². The Morgan fingerprint density at radius 2 is 1.71 bits per heavy atom. The van der Waals surface area contributed by atoms with Crippen LogP contribution in [0.5, 0.6) is 0 Å². The highest BCUT2D eigenvalue weighted by atomic mass is 16.5. The van der Waals surface area contributed by atoms with Crippen LogP contribution >= 0.6 is 0 Å². The van der Waals surface area contributed by atoms with E-state index >= 15 is 0 Å². The molecule has 0 radical (unpaired) electrons. The molecule has 0 aliphatic carbocycles. The van der Waals surface area contributed by atoms with Crippen LogP contribution in [0.25, 0.3) is 10.9 Å². The molecule has 42 heavy (non-hydrogen) atoms. The molecule has 3 rings (SSSR count). The zero-order valence-corrected chi connectivity index (χ0v) is 24.4. The zero-order valence-electron chi connectivity index (χ0n) is 24.4. The fourth-order valence-electron chi connectivity index (χ4n) is 4.95. The van der Waals surface area contributed by atoms with Crippen LogP contribution in [0.4, 0.5) is 0 Å². The molecular weight excluding hydrogens is 530 g/mol. The molecule has 1 heterocycles. The second-order valence-corrected chi connectivity index (χ2v) is 10.7. The number of allylic oxidation sites excluding steroid dienone is 2. The van der Waals surface area contributed by atoms with Gasteiger partial charge in [0.15, 0.2) is 0 Å². The van der Waals surface area contributed by atoms with Gasteiger partial charge in [-0.2, -0.15) is 0 Å². The van der Waals surface area contributed by atoms with Crippen LogP contribution in [0.2, 0.25) is 0 Å². The molecule has 2 aromatic carbocycles. The first kappa shape index (κ1) is 32.3. The Morgan fingerprint density at radius 3 is 2.43 bits per heavy atom. The number of aromatic amines is 1. The third kappa shape index (κ3) is 10.0. The molecule has 8 nitrogen and oxygen atoms in total. The highest BCUT2D eigenvalue weighted by Gasteiger charge is 2.27. The van der Waals surface area contributed by atoms with Gasteiger partial charge in [0.2, 0.25) is 11.8 Å². The quantitative estimate of drug-likeness (QED) is 0.131. The lowest BCUT2D eigenvalue weighted by atomic mass is 9.95. The minimum absolute atomic E-state index is 0.0159. The van der Waals surface area contributed by atoms with E-state index in [4.69, 9.17) is 4.74 Å². The number of carbonyl (C=O) groups excluding carboxylic acids is 3. The highest BCUT2D eigenvalue weighted by molar-refractivity contribution is 5.86. The van der Waals surface area contributed by atoms with Crippen LogP contribution in [0, 0.1) is 11.8 Å². The van der Waals surface area contributed by atoms with Crippen LogP contribution in [0.3, 0.4) is 0 Å². The molecule has 224 valence electrons. The second kappa shape index (κ2) is 16.9. The number of aliphatic hydroxyl groups excluding tert-OH is 1. The number of amides is 2. The average molecular weight is 574 g/mol. The van der Waals surface area contributed by atoms with Crippen molar-refractivity contribution in [3.05, 3.63) is 97.2 Å². The van der Waals surface area contributed by atoms with Gasteiger partial charge in [0.1, 0.15) is 6.61 Å². The van der Waals surface area contributed by atoms with E-state index in [0.717, 1.165) is 22.0 Å². The summed E-state index contributed by atoms with van der Waals surface area (Å²) in [7, 11) is 0. The van der Waals surface area contributed by atoms with E-state index in [0.29, 0.717) is 32.1 Å². The minimum Gasteiger partial charge on any atom is -0.463 e. The molecule has 0 aliphatic heterocycles. The van der Waals surface area contributed by atoms with Crippen molar-refractivity contribution in [3.63, 3.8) is 0 Å². The lowest BCUT2D eigenvalue weighted by Crippen LogP contribution is -2.45. The van der Waals surface area contributed by atoms with E-state index < -0.39 is 18.0 Å². The number of para-hydroxylation sites is 1. The smallest absolute Gasteiger partial charge is 0.309 e. The van der Waals surface area contributed by atoms with E-state index in [2.05, 4.69) is 28.8 Å². The molecule has 4 N–H and O–H groups in total. The van der Waals surface area contributed by atoms with Crippen molar-refractivity contribution >= 4 is 28.7 Å². The number of aromatic nitrogens is 1. The second-order valence-electron chi connectivity index (χ2n) is 10.7. The van der Waals surface area contributed by atoms with Gasteiger partial charge >= 0.3 is 5.97 Å². The standard InChI is InChI=1S/C34H43N3O5/c1-4-6-15-27(18-25-13-8-7-9-14-25)34(41)42-23-29(19-28-21-35-31-17-11-10-16-30(28)31)37-33(40)26(12-5-2)20-32(39)36-24(3)22-38/h4-5,7-11,13-14,16-17,21,24,26-27,29,35,38H,1-2,6,12,15,18-20,22-23H2,3H3,(H,36,39)(H,37,40)/t24-,26+,27+,29-/m0/s1. The number of fused-ring (bicyclic) bond motifs is 1. The van der Waals surface area contributed by atoms with Crippen molar-refractivity contribution in [2.45, 2.75) is 57.5 Å². The first-order chi connectivity index (χ1) is 20.3. The normalized spacial score (nSPS) is 13.9. The van der Waals surface area contributed by atoms with Gasteiger partial charge in [-0.1, -0.05) is 60.7 Å². The summed E-state index contributed by atoms with van der Waals surface area (Å²) in [5, 5.41) is 16.0. The maximum atomic E-state index is 13.4. The Kier molecular flexibility index (Phi) is 13.0. The first-order valence-electron chi connectivity index (χ1n) is 14.5. The first-order valence-corrected chi connectivity index (χ1v) is 14.5. The van der Waals surface area contributed by atoms with Crippen molar-refractivity contribution < 1.29 is 24.2 Å².